The first-order chi connectivity index (χ1) is 6.98. The van der Waals surface area contributed by atoms with Gasteiger partial charge in [0.1, 0.15) is 23.9 Å². The van der Waals surface area contributed by atoms with Gasteiger partial charge in [0, 0.05) is 7.11 Å². The van der Waals surface area contributed by atoms with Crippen molar-refractivity contribution in [2.24, 2.45) is 0 Å². The van der Waals surface area contributed by atoms with Crippen LogP contribution in [-0.2, 0) is 9.47 Å². The zero-order valence-corrected chi connectivity index (χ0v) is 8.83. The largest absolute Gasteiger partial charge is 0.393 e. The lowest BCUT2D eigenvalue weighted by atomic mass is 9.91. The molecule has 1 aliphatic heterocycles. The van der Waals surface area contributed by atoms with Crippen LogP contribution in [0.2, 0.25) is 0 Å². The summed E-state index contributed by atoms with van der Waals surface area (Å²) in [4.78, 5) is 0. The molecular formula is C9H18O6. The standard InChI is InChI=1S/C9H18O6/c1-5-6(11)7(12)8(13)9(3-10,14-2)4-15-5/h5-8,10-13H,3-4H2,1-2H3/t5?,6-,7+,8-,9?/m0/s1. The van der Waals surface area contributed by atoms with Crippen LogP contribution in [0.5, 0.6) is 0 Å². The maximum atomic E-state index is 9.78. The lowest BCUT2D eigenvalue weighted by molar-refractivity contribution is -0.178. The van der Waals surface area contributed by atoms with Crippen molar-refractivity contribution in [1.29, 1.82) is 0 Å². The van der Waals surface area contributed by atoms with Crippen molar-refractivity contribution in [2.45, 2.75) is 36.9 Å². The zero-order chi connectivity index (χ0) is 11.6. The quantitative estimate of drug-likeness (QED) is 0.426. The minimum Gasteiger partial charge on any atom is -0.393 e. The molecule has 0 aromatic rings. The average molecular weight is 222 g/mol. The first-order valence-corrected chi connectivity index (χ1v) is 4.80. The molecule has 15 heavy (non-hydrogen) atoms. The summed E-state index contributed by atoms with van der Waals surface area (Å²) in [6, 6.07) is 0. The second-order valence-electron chi connectivity index (χ2n) is 3.87. The number of aliphatic hydroxyl groups is 4. The predicted molar refractivity (Wildman–Crippen MR) is 50.3 cm³/mol. The minimum atomic E-state index is -1.41. The van der Waals surface area contributed by atoms with Gasteiger partial charge in [-0.15, -0.1) is 0 Å². The Morgan fingerprint density at radius 2 is 1.93 bits per heavy atom. The third kappa shape index (κ3) is 2.15. The monoisotopic (exact) mass is 222 g/mol. The molecule has 0 radical (unpaired) electrons. The Hall–Kier alpha value is -0.240. The Kier molecular flexibility index (Phi) is 4.05. The van der Waals surface area contributed by atoms with Crippen molar-refractivity contribution < 1.29 is 29.9 Å². The van der Waals surface area contributed by atoms with Gasteiger partial charge in [0.15, 0.2) is 0 Å². The maximum absolute atomic E-state index is 9.78. The lowest BCUT2D eigenvalue weighted by Gasteiger charge is -2.34. The van der Waals surface area contributed by atoms with Gasteiger partial charge in [-0.3, -0.25) is 0 Å². The van der Waals surface area contributed by atoms with Crippen LogP contribution in [0.1, 0.15) is 6.92 Å². The average Bonchev–Trinajstić information content (AvgIpc) is 2.34. The Morgan fingerprint density at radius 1 is 1.33 bits per heavy atom. The van der Waals surface area contributed by atoms with Gasteiger partial charge >= 0.3 is 0 Å². The smallest absolute Gasteiger partial charge is 0.142 e. The van der Waals surface area contributed by atoms with Gasteiger partial charge < -0.3 is 29.9 Å². The van der Waals surface area contributed by atoms with Crippen LogP contribution in [0.15, 0.2) is 0 Å². The molecule has 1 rings (SSSR count). The van der Waals surface area contributed by atoms with Crippen molar-refractivity contribution in [3.63, 3.8) is 0 Å². The van der Waals surface area contributed by atoms with Gasteiger partial charge in [-0.05, 0) is 6.92 Å². The summed E-state index contributed by atoms with van der Waals surface area (Å²) in [6.07, 6.45) is -4.64. The summed E-state index contributed by atoms with van der Waals surface area (Å²) in [5, 5.41) is 38.1. The second-order valence-corrected chi connectivity index (χ2v) is 3.87. The number of rotatable bonds is 2. The molecule has 0 aromatic heterocycles. The molecule has 6 nitrogen and oxygen atoms in total. The molecule has 1 aliphatic rings. The van der Waals surface area contributed by atoms with E-state index in [1.165, 1.54) is 7.11 Å². The molecule has 4 N–H and O–H groups in total. The van der Waals surface area contributed by atoms with E-state index in [9.17, 15) is 15.3 Å². The molecule has 0 aliphatic carbocycles. The van der Waals surface area contributed by atoms with E-state index in [0.717, 1.165) is 0 Å². The molecule has 0 aromatic carbocycles. The van der Waals surface area contributed by atoms with Crippen LogP contribution in [0, 0.1) is 0 Å². The predicted octanol–water partition coefficient (Wildman–Crippen LogP) is -2.13. The van der Waals surface area contributed by atoms with Gasteiger partial charge in [0.2, 0.25) is 0 Å². The van der Waals surface area contributed by atoms with Gasteiger partial charge in [-0.25, -0.2) is 0 Å². The van der Waals surface area contributed by atoms with Crippen LogP contribution in [0.25, 0.3) is 0 Å². The third-order valence-electron chi connectivity index (χ3n) is 2.96. The first-order valence-electron chi connectivity index (χ1n) is 4.80. The van der Waals surface area contributed by atoms with Crippen LogP contribution in [0.4, 0.5) is 0 Å². The maximum Gasteiger partial charge on any atom is 0.142 e. The van der Waals surface area contributed by atoms with E-state index >= 15 is 0 Å². The molecule has 5 atom stereocenters. The van der Waals surface area contributed by atoms with Gasteiger partial charge in [0.05, 0.1) is 19.3 Å². The van der Waals surface area contributed by atoms with Crippen LogP contribution in [-0.4, -0.2) is 70.8 Å². The number of aliphatic hydroxyl groups excluding tert-OH is 4. The van der Waals surface area contributed by atoms with E-state index in [1.54, 1.807) is 6.92 Å². The van der Waals surface area contributed by atoms with E-state index < -0.39 is 36.6 Å². The molecular weight excluding hydrogens is 204 g/mol. The summed E-state index contributed by atoms with van der Waals surface area (Å²) < 4.78 is 10.2. The van der Waals surface area contributed by atoms with Gasteiger partial charge in [-0.2, -0.15) is 0 Å². The molecule has 1 heterocycles. The summed E-state index contributed by atoms with van der Waals surface area (Å²) in [5.41, 5.74) is -1.38. The van der Waals surface area contributed by atoms with Crippen LogP contribution in [0.3, 0.4) is 0 Å². The normalized spacial score (nSPS) is 47.6. The van der Waals surface area contributed by atoms with E-state index in [0.29, 0.717) is 0 Å². The van der Waals surface area contributed by atoms with Gasteiger partial charge in [-0.1, -0.05) is 0 Å². The van der Waals surface area contributed by atoms with Crippen molar-refractivity contribution >= 4 is 0 Å². The van der Waals surface area contributed by atoms with Crippen LogP contribution < -0.4 is 0 Å². The Morgan fingerprint density at radius 3 is 2.40 bits per heavy atom. The highest BCUT2D eigenvalue weighted by molar-refractivity contribution is 4.98. The number of methoxy groups -OCH3 is 1. The minimum absolute atomic E-state index is 0.0869. The second kappa shape index (κ2) is 4.73. The van der Waals surface area contributed by atoms with Crippen molar-refractivity contribution in [3.8, 4) is 0 Å². The topological polar surface area (TPSA) is 99.4 Å². The van der Waals surface area contributed by atoms with Gasteiger partial charge in [0.25, 0.3) is 0 Å². The summed E-state index contributed by atoms with van der Waals surface area (Å²) in [6.45, 7) is 0.987. The molecule has 0 amide bonds. The van der Waals surface area contributed by atoms with Crippen molar-refractivity contribution in [3.05, 3.63) is 0 Å². The highest BCUT2D eigenvalue weighted by atomic mass is 16.6. The summed E-state index contributed by atoms with van der Waals surface area (Å²) in [5.74, 6) is 0. The number of ether oxygens (including phenoxy) is 2. The van der Waals surface area contributed by atoms with E-state index in [2.05, 4.69) is 0 Å². The van der Waals surface area contributed by atoms with Crippen LogP contribution >= 0.6 is 0 Å². The molecule has 6 heteroatoms. The molecule has 2 unspecified atom stereocenters. The Bertz CT molecular complexity index is 205. The van der Waals surface area contributed by atoms with E-state index in [-0.39, 0.29) is 6.61 Å². The van der Waals surface area contributed by atoms with Crippen molar-refractivity contribution in [1.82, 2.24) is 0 Å². The Labute approximate surface area is 88.1 Å². The molecule has 0 saturated carbocycles. The Balaban J connectivity index is 2.93. The fourth-order valence-electron chi connectivity index (χ4n) is 1.62. The SMILES string of the molecule is COC1(CO)COC(C)[C@H](O)[C@@H](O)[C@@H]1O. The lowest BCUT2D eigenvalue weighted by Crippen LogP contribution is -2.56. The van der Waals surface area contributed by atoms with Crippen molar-refractivity contribution in [2.75, 3.05) is 20.3 Å². The highest BCUT2D eigenvalue weighted by Crippen LogP contribution is 2.26. The first kappa shape index (κ1) is 12.8. The molecule has 90 valence electrons. The summed E-state index contributed by atoms with van der Waals surface area (Å²) >= 11 is 0. The molecule has 1 saturated heterocycles. The summed E-state index contributed by atoms with van der Waals surface area (Å²) in [7, 11) is 1.30. The molecule has 1 fully saturated rings. The molecule has 0 bridgehead atoms. The zero-order valence-electron chi connectivity index (χ0n) is 8.83. The highest BCUT2D eigenvalue weighted by Gasteiger charge is 2.48. The fourth-order valence-corrected chi connectivity index (χ4v) is 1.62. The number of hydrogen-bond donors (Lipinski definition) is 4. The van der Waals surface area contributed by atoms with E-state index in [4.69, 9.17) is 14.6 Å². The fraction of sp³-hybridized carbons (Fsp3) is 1.00. The third-order valence-corrected chi connectivity index (χ3v) is 2.96. The number of hydrogen-bond acceptors (Lipinski definition) is 6. The van der Waals surface area contributed by atoms with E-state index in [1.807, 2.05) is 0 Å². The molecule has 0 spiro atoms.